The standard InChI is InChI=1S/C8H8Cl2N6/c1-15(2)7-12-6(10)13-8(14-7)16-4-5(9)3-11-16/h3-4H,1-2H3. The normalized spacial score (nSPS) is 10.5. The maximum atomic E-state index is 5.79. The predicted octanol–water partition coefficient (Wildman–Crippen LogP) is 1.43. The van der Waals surface area contributed by atoms with Crippen LogP contribution in [0.5, 0.6) is 0 Å². The number of rotatable bonds is 2. The fraction of sp³-hybridized carbons (Fsp3) is 0.250. The molecule has 0 aliphatic carbocycles. The maximum absolute atomic E-state index is 5.79. The molecule has 0 radical (unpaired) electrons. The van der Waals surface area contributed by atoms with Crippen molar-refractivity contribution in [3.63, 3.8) is 0 Å². The van der Waals surface area contributed by atoms with Crippen LogP contribution in [0.1, 0.15) is 0 Å². The second-order valence-electron chi connectivity index (χ2n) is 3.20. The van der Waals surface area contributed by atoms with Crippen molar-refractivity contribution in [3.05, 3.63) is 22.7 Å². The van der Waals surface area contributed by atoms with Crippen LogP contribution in [-0.4, -0.2) is 38.8 Å². The van der Waals surface area contributed by atoms with Crippen molar-refractivity contribution in [3.8, 4) is 5.95 Å². The Bertz CT molecular complexity index is 509. The molecule has 0 bridgehead atoms. The van der Waals surface area contributed by atoms with Crippen LogP contribution in [0.2, 0.25) is 10.3 Å². The van der Waals surface area contributed by atoms with Crippen molar-refractivity contribution >= 4 is 29.2 Å². The molecule has 2 aromatic heterocycles. The summed E-state index contributed by atoms with van der Waals surface area (Å²) in [5.41, 5.74) is 0. The SMILES string of the molecule is CN(C)c1nc(Cl)nc(-n2cc(Cl)cn2)n1. The average Bonchev–Trinajstić information content (AvgIpc) is 2.64. The van der Waals surface area contributed by atoms with E-state index in [9.17, 15) is 0 Å². The zero-order chi connectivity index (χ0) is 11.7. The number of nitrogens with zero attached hydrogens (tertiary/aromatic N) is 6. The van der Waals surface area contributed by atoms with Crippen LogP contribution in [0.3, 0.4) is 0 Å². The molecular formula is C8H8Cl2N6. The Morgan fingerprint density at radius 3 is 2.50 bits per heavy atom. The van der Waals surface area contributed by atoms with Crippen molar-refractivity contribution in [1.82, 2.24) is 24.7 Å². The Labute approximate surface area is 102 Å². The minimum atomic E-state index is 0.111. The molecule has 2 heterocycles. The molecule has 0 aliphatic heterocycles. The molecule has 6 nitrogen and oxygen atoms in total. The van der Waals surface area contributed by atoms with Gasteiger partial charge >= 0.3 is 0 Å². The molecule has 0 saturated carbocycles. The second kappa shape index (κ2) is 4.23. The lowest BCUT2D eigenvalue weighted by molar-refractivity contribution is 0.788. The highest BCUT2D eigenvalue weighted by molar-refractivity contribution is 6.30. The van der Waals surface area contributed by atoms with Gasteiger partial charge in [-0.1, -0.05) is 11.6 Å². The number of aromatic nitrogens is 5. The molecule has 16 heavy (non-hydrogen) atoms. The van der Waals surface area contributed by atoms with Gasteiger partial charge < -0.3 is 4.90 Å². The Morgan fingerprint density at radius 2 is 1.94 bits per heavy atom. The van der Waals surface area contributed by atoms with Gasteiger partial charge in [0.15, 0.2) is 0 Å². The maximum Gasteiger partial charge on any atom is 0.256 e. The third kappa shape index (κ3) is 2.23. The molecule has 0 spiro atoms. The largest absolute Gasteiger partial charge is 0.347 e. The first-order chi connectivity index (χ1) is 7.56. The molecule has 84 valence electrons. The Balaban J connectivity index is 2.49. The van der Waals surface area contributed by atoms with Crippen molar-refractivity contribution in [2.24, 2.45) is 0 Å². The van der Waals surface area contributed by atoms with Crippen LogP contribution >= 0.6 is 23.2 Å². The smallest absolute Gasteiger partial charge is 0.256 e. The second-order valence-corrected chi connectivity index (χ2v) is 3.98. The summed E-state index contributed by atoms with van der Waals surface area (Å²) in [6.45, 7) is 0. The minimum Gasteiger partial charge on any atom is -0.347 e. The van der Waals surface area contributed by atoms with Crippen LogP contribution in [0, 0.1) is 0 Å². The monoisotopic (exact) mass is 258 g/mol. The highest BCUT2D eigenvalue weighted by Crippen LogP contribution is 2.13. The molecule has 0 saturated heterocycles. The molecule has 0 amide bonds. The van der Waals surface area contributed by atoms with Gasteiger partial charge in [-0.25, -0.2) is 4.68 Å². The van der Waals surface area contributed by atoms with Crippen molar-refractivity contribution in [2.45, 2.75) is 0 Å². The highest BCUT2D eigenvalue weighted by Gasteiger charge is 2.09. The fourth-order valence-electron chi connectivity index (χ4n) is 1.04. The molecular weight excluding hydrogens is 251 g/mol. The number of halogens is 2. The molecule has 8 heteroatoms. The number of hydrogen-bond donors (Lipinski definition) is 0. The molecule has 2 rings (SSSR count). The van der Waals surface area contributed by atoms with Gasteiger partial charge in [-0.2, -0.15) is 20.1 Å². The van der Waals surface area contributed by atoms with Gasteiger partial charge in [-0.05, 0) is 11.6 Å². The fourth-order valence-corrected chi connectivity index (χ4v) is 1.33. The summed E-state index contributed by atoms with van der Waals surface area (Å²) in [5, 5.41) is 4.60. The van der Waals surface area contributed by atoms with Crippen LogP contribution < -0.4 is 4.90 Å². The van der Waals surface area contributed by atoms with Gasteiger partial charge in [0.25, 0.3) is 5.95 Å². The van der Waals surface area contributed by atoms with E-state index < -0.39 is 0 Å². The van der Waals surface area contributed by atoms with E-state index in [1.165, 1.54) is 10.9 Å². The first-order valence-electron chi connectivity index (χ1n) is 4.35. The van der Waals surface area contributed by atoms with Gasteiger partial charge in [-0.3, -0.25) is 0 Å². The van der Waals surface area contributed by atoms with Gasteiger partial charge in [0.1, 0.15) is 0 Å². The molecule has 0 aliphatic rings. The zero-order valence-corrected chi connectivity index (χ0v) is 10.1. The third-order valence-corrected chi connectivity index (χ3v) is 2.10. The Kier molecular flexibility index (Phi) is 2.93. The number of hydrogen-bond acceptors (Lipinski definition) is 5. The van der Waals surface area contributed by atoms with Gasteiger partial charge in [-0.15, -0.1) is 0 Å². The lowest BCUT2D eigenvalue weighted by Crippen LogP contribution is -2.15. The van der Waals surface area contributed by atoms with Crippen LogP contribution in [0.4, 0.5) is 5.95 Å². The Morgan fingerprint density at radius 1 is 1.19 bits per heavy atom. The molecule has 0 unspecified atom stereocenters. The van der Waals surface area contributed by atoms with Crippen LogP contribution in [0.25, 0.3) is 5.95 Å². The van der Waals surface area contributed by atoms with Gasteiger partial charge in [0, 0.05) is 14.1 Å². The molecule has 0 atom stereocenters. The topological polar surface area (TPSA) is 59.7 Å². The highest BCUT2D eigenvalue weighted by atomic mass is 35.5. The van der Waals surface area contributed by atoms with Gasteiger partial charge in [0.05, 0.1) is 17.4 Å². The summed E-state index contributed by atoms with van der Waals surface area (Å²) in [6, 6.07) is 0. The van der Waals surface area contributed by atoms with E-state index in [1.807, 2.05) is 14.1 Å². The minimum absolute atomic E-state index is 0.111. The van der Waals surface area contributed by atoms with Gasteiger partial charge in [0.2, 0.25) is 11.2 Å². The van der Waals surface area contributed by atoms with Crippen LogP contribution in [-0.2, 0) is 0 Å². The number of anilines is 1. The molecule has 0 fully saturated rings. The van der Waals surface area contributed by atoms with Crippen molar-refractivity contribution in [2.75, 3.05) is 19.0 Å². The molecule has 2 aromatic rings. The summed E-state index contributed by atoms with van der Waals surface area (Å²) in [5.74, 6) is 0.789. The summed E-state index contributed by atoms with van der Waals surface area (Å²) in [4.78, 5) is 13.8. The Hall–Kier alpha value is -1.40. The lowest BCUT2D eigenvalue weighted by Gasteiger charge is -2.10. The van der Waals surface area contributed by atoms with Crippen molar-refractivity contribution < 1.29 is 0 Å². The van der Waals surface area contributed by atoms with E-state index in [-0.39, 0.29) is 5.28 Å². The van der Waals surface area contributed by atoms with E-state index in [0.29, 0.717) is 16.9 Å². The summed E-state index contributed by atoms with van der Waals surface area (Å²) >= 11 is 11.5. The third-order valence-electron chi connectivity index (χ3n) is 1.74. The summed E-state index contributed by atoms with van der Waals surface area (Å²) < 4.78 is 1.43. The molecule has 0 aromatic carbocycles. The summed E-state index contributed by atoms with van der Waals surface area (Å²) in [7, 11) is 3.62. The molecule has 0 N–H and O–H groups in total. The first kappa shape index (κ1) is 11.1. The van der Waals surface area contributed by atoms with Crippen molar-refractivity contribution in [1.29, 1.82) is 0 Å². The first-order valence-corrected chi connectivity index (χ1v) is 5.11. The van der Waals surface area contributed by atoms with E-state index in [1.54, 1.807) is 11.1 Å². The average molecular weight is 259 g/mol. The van der Waals surface area contributed by atoms with E-state index in [4.69, 9.17) is 23.2 Å². The van der Waals surface area contributed by atoms with E-state index in [0.717, 1.165) is 0 Å². The van der Waals surface area contributed by atoms with E-state index in [2.05, 4.69) is 20.1 Å². The lowest BCUT2D eigenvalue weighted by atomic mass is 10.7. The van der Waals surface area contributed by atoms with E-state index >= 15 is 0 Å². The predicted molar refractivity (Wildman–Crippen MR) is 61.3 cm³/mol. The van der Waals surface area contributed by atoms with Crippen LogP contribution in [0.15, 0.2) is 12.4 Å². The zero-order valence-electron chi connectivity index (χ0n) is 8.59. The quantitative estimate of drug-likeness (QED) is 0.816. The summed E-state index contributed by atoms with van der Waals surface area (Å²) in [6.07, 6.45) is 3.08.